The number of carbonyl (C=O) groups is 1. The molecule has 0 aliphatic rings. The third-order valence-electron chi connectivity index (χ3n) is 1.86. The van der Waals surface area contributed by atoms with Gasteiger partial charge in [-0.1, -0.05) is 15.9 Å². The molecular weight excluding hydrogens is 279 g/mol. The van der Waals surface area contributed by atoms with Gasteiger partial charge in [0.05, 0.1) is 12.2 Å². The van der Waals surface area contributed by atoms with Crippen molar-refractivity contribution in [2.75, 3.05) is 12.5 Å². The number of ketones is 1. The zero-order chi connectivity index (χ0) is 11.3. The summed E-state index contributed by atoms with van der Waals surface area (Å²) >= 11 is 8.86. The molecule has 15 heavy (non-hydrogen) atoms. The van der Waals surface area contributed by atoms with Gasteiger partial charge in [-0.15, -0.1) is 11.6 Å². The Hall–Kier alpha value is -0.540. The Labute approximate surface area is 103 Å². The molecular formula is C11H12BrClO2. The van der Waals surface area contributed by atoms with Gasteiger partial charge < -0.3 is 4.74 Å². The molecule has 0 N–H and O–H groups in total. The van der Waals surface area contributed by atoms with Gasteiger partial charge in [-0.25, -0.2) is 0 Å². The van der Waals surface area contributed by atoms with Gasteiger partial charge in [0.1, 0.15) is 5.75 Å². The van der Waals surface area contributed by atoms with E-state index >= 15 is 0 Å². The fourth-order valence-corrected chi connectivity index (χ4v) is 1.61. The molecule has 0 radical (unpaired) electrons. The second-order valence-corrected chi connectivity index (χ2v) is 4.38. The summed E-state index contributed by atoms with van der Waals surface area (Å²) in [6.45, 7) is 2.06. The first-order valence-electron chi connectivity index (χ1n) is 4.64. The molecule has 0 heterocycles. The van der Waals surface area contributed by atoms with Crippen LogP contribution in [-0.2, 0) is 0 Å². The topological polar surface area (TPSA) is 26.3 Å². The summed E-state index contributed by atoms with van der Waals surface area (Å²) in [5.74, 6) is 1.18. The highest BCUT2D eigenvalue weighted by atomic mass is 79.9. The van der Waals surface area contributed by atoms with E-state index in [2.05, 4.69) is 15.9 Å². The highest BCUT2D eigenvalue weighted by molar-refractivity contribution is 9.10. The summed E-state index contributed by atoms with van der Waals surface area (Å²) in [5, 5.41) is 0. The number of rotatable bonds is 5. The van der Waals surface area contributed by atoms with Crippen LogP contribution in [0.5, 0.6) is 5.75 Å². The lowest BCUT2D eigenvalue weighted by Gasteiger charge is -2.09. The van der Waals surface area contributed by atoms with E-state index in [0.29, 0.717) is 23.8 Å². The van der Waals surface area contributed by atoms with Gasteiger partial charge in [-0.05, 0) is 31.5 Å². The van der Waals surface area contributed by atoms with E-state index in [9.17, 15) is 4.79 Å². The summed E-state index contributed by atoms with van der Waals surface area (Å²) in [5.41, 5.74) is 0.596. The molecule has 2 nitrogen and oxygen atoms in total. The lowest BCUT2D eigenvalue weighted by atomic mass is 10.1. The molecule has 0 saturated heterocycles. The number of hydrogen-bond donors (Lipinski definition) is 0. The van der Waals surface area contributed by atoms with Gasteiger partial charge in [0.25, 0.3) is 0 Å². The predicted molar refractivity (Wildman–Crippen MR) is 65.0 cm³/mol. The molecule has 0 amide bonds. The third-order valence-corrected chi connectivity index (χ3v) is 2.62. The van der Waals surface area contributed by atoms with E-state index in [0.717, 1.165) is 10.9 Å². The Kier molecular flexibility index (Phi) is 5.12. The lowest BCUT2D eigenvalue weighted by molar-refractivity contribution is 0.101. The van der Waals surface area contributed by atoms with Crippen molar-refractivity contribution in [2.24, 2.45) is 0 Å². The molecule has 0 spiro atoms. The zero-order valence-electron chi connectivity index (χ0n) is 8.43. The van der Waals surface area contributed by atoms with Crippen LogP contribution in [0, 0.1) is 0 Å². The lowest BCUT2D eigenvalue weighted by Crippen LogP contribution is -2.03. The molecule has 0 aromatic heterocycles. The van der Waals surface area contributed by atoms with Crippen molar-refractivity contribution in [1.29, 1.82) is 0 Å². The minimum atomic E-state index is -0.00262. The Bertz CT molecular complexity index is 352. The van der Waals surface area contributed by atoms with Crippen LogP contribution in [0.15, 0.2) is 22.7 Å². The minimum absolute atomic E-state index is 0.00262. The van der Waals surface area contributed by atoms with Crippen molar-refractivity contribution in [1.82, 2.24) is 0 Å². The quantitative estimate of drug-likeness (QED) is 0.470. The van der Waals surface area contributed by atoms with E-state index in [-0.39, 0.29) is 5.78 Å². The highest BCUT2D eigenvalue weighted by Crippen LogP contribution is 2.23. The maximum absolute atomic E-state index is 11.3. The molecule has 0 unspecified atom stereocenters. The molecule has 0 bridgehead atoms. The molecule has 1 rings (SSSR count). The monoisotopic (exact) mass is 290 g/mol. The number of hydrogen-bond acceptors (Lipinski definition) is 2. The van der Waals surface area contributed by atoms with Crippen LogP contribution < -0.4 is 4.74 Å². The fourth-order valence-electron chi connectivity index (χ4n) is 1.14. The molecule has 82 valence electrons. The van der Waals surface area contributed by atoms with Crippen molar-refractivity contribution in [2.45, 2.75) is 13.3 Å². The maximum Gasteiger partial charge on any atom is 0.163 e. The average Bonchev–Trinajstić information content (AvgIpc) is 2.20. The normalized spacial score (nSPS) is 10.1. The fraction of sp³-hybridized carbons (Fsp3) is 0.364. The van der Waals surface area contributed by atoms with Crippen molar-refractivity contribution in [3.63, 3.8) is 0 Å². The zero-order valence-corrected chi connectivity index (χ0v) is 10.8. The second kappa shape index (κ2) is 6.13. The number of Topliss-reactive ketones (excluding diaryl/α,β-unsaturated/α-hetero) is 1. The van der Waals surface area contributed by atoms with Gasteiger partial charge >= 0.3 is 0 Å². The standard InChI is InChI=1S/C11H12BrClO2/c1-8(14)10-7-9(12)3-4-11(10)15-6-2-5-13/h3-4,7H,2,5-6H2,1H3. The first-order chi connectivity index (χ1) is 7.15. The highest BCUT2D eigenvalue weighted by Gasteiger charge is 2.08. The van der Waals surface area contributed by atoms with E-state index in [1.54, 1.807) is 12.1 Å². The van der Waals surface area contributed by atoms with Crippen LogP contribution >= 0.6 is 27.5 Å². The number of benzene rings is 1. The van der Waals surface area contributed by atoms with Crippen molar-refractivity contribution < 1.29 is 9.53 Å². The molecule has 0 atom stereocenters. The van der Waals surface area contributed by atoms with Gasteiger partial charge in [0, 0.05) is 10.4 Å². The molecule has 1 aromatic rings. The summed E-state index contributed by atoms with van der Waals surface area (Å²) in [4.78, 5) is 11.3. The predicted octanol–water partition coefficient (Wildman–Crippen LogP) is 3.66. The first kappa shape index (κ1) is 12.5. The van der Waals surface area contributed by atoms with Crippen LogP contribution in [0.1, 0.15) is 23.7 Å². The van der Waals surface area contributed by atoms with Crippen LogP contribution in [0.4, 0.5) is 0 Å². The van der Waals surface area contributed by atoms with Crippen molar-refractivity contribution in [3.8, 4) is 5.75 Å². The summed E-state index contributed by atoms with van der Waals surface area (Å²) in [6.07, 6.45) is 0.773. The van der Waals surface area contributed by atoms with Gasteiger partial charge in [0.15, 0.2) is 5.78 Å². The first-order valence-corrected chi connectivity index (χ1v) is 5.97. The third kappa shape index (κ3) is 3.84. The molecule has 1 aromatic carbocycles. The summed E-state index contributed by atoms with van der Waals surface area (Å²) in [6, 6.07) is 5.40. The second-order valence-electron chi connectivity index (χ2n) is 3.09. The molecule has 0 aliphatic carbocycles. The van der Waals surface area contributed by atoms with Gasteiger partial charge in [0.2, 0.25) is 0 Å². The van der Waals surface area contributed by atoms with Crippen LogP contribution in [0.3, 0.4) is 0 Å². The van der Waals surface area contributed by atoms with E-state index in [4.69, 9.17) is 16.3 Å². The van der Waals surface area contributed by atoms with Gasteiger partial charge in [-0.3, -0.25) is 4.79 Å². The van der Waals surface area contributed by atoms with Crippen LogP contribution in [0.2, 0.25) is 0 Å². The van der Waals surface area contributed by atoms with Gasteiger partial charge in [-0.2, -0.15) is 0 Å². The maximum atomic E-state index is 11.3. The average molecular weight is 292 g/mol. The van der Waals surface area contributed by atoms with E-state index < -0.39 is 0 Å². The number of halogens is 2. The summed E-state index contributed by atoms with van der Waals surface area (Å²) < 4.78 is 6.34. The van der Waals surface area contributed by atoms with Crippen molar-refractivity contribution in [3.05, 3.63) is 28.2 Å². The van der Waals surface area contributed by atoms with Crippen LogP contribution in [0.25, 0.3) is 0 Å². The Morgan fingerprint density at radius 3 is 2.87 bits per heavy atom. The molecule has 0 saturated carbocycles. The largest absolute Gasteiger partial charge is 0.493 e. The number of carbonyl (C=O) groups excluding carboxylic acids is 1. The molecule has 0 fully saturated rings. The number of ether oxygens (including phenoxy) is 1. The van der Waals surface area contributed by atoms with Crippen molar-refractivity contribution >= 4 is 33.3 Å². The smallest absolute Gasteiger partial charge is 0.163 e. The van der Waals surface area contributed by atoms with E-state index in [1.807, 2.05) is 6.07 Å². The summed E-state index contributed by atoms with van der Waals surface area (Å²) in [7, 11) is 0. The minimum Gasteiger partial charge on any atom is -0.493 e. The number of alkyl halides is 1. The van der Waals surface area contributed by atoms with Crippen LogP contribution in [-0.4, -0.2) is 18.3 Å². The Balaban J connectivity index is 2.81. The Morgan fingerprint density at radius 1 is 1.53 bits per heavy atom. The molecule has 0 aliphatic heterocycles. The van der Waals surface area contributed by atoms with E-state index in [1.165, 1.54) is 6.92 Å². The SMILES string of the molecule is CC(=O)c1cc(Br)ccc1OCCCCl. The molecule has 4 heteroatoms. The Morgan fingerprint density at radius 2 is 2.27 bits per heavy atom.